The maximum Gasteiger partial charge on any atom is 0.344 e. The molecule has 0 spiro atoms. The first-order chi connectivity index (χ1) is 12.6. The smallest absolute Gasteiger partial charge is 0.344 e. The zero-order valence-corrected chi connectivity index (χ0v) is 14.0. The van der Waals surface area contributed by atoms with Crippen LogP contribution in [0.2, 0.25) is 0 Å². The largest absolute Gasteiger partial charge is 0.452 e. The number of amides is 1. The lowest BCUT2D eigenvalue weighted by Crippen LogP contribution is -2.21. The van der Waals surface area contributed by atoms with E-state index in [4.69, 9.17) is 10.00 Å². The molecule has 3 rings (SSSR count). The molecule has 0 atom stereocenters. The van der Waals surface area contributed by atoms with Gasteiger partial charge in [-0.1, -0.05) is 12.1 Å². The van der Waals surface area contributed by atoms with Gasteiger partial charge in [-0.2, -0.15) is 10.4 Å². The van der Waals surface area contributed by atoms with E-state index in [2.05, 4.69) is 21.5 Å². The van der Waals surface area contributed by atoms with Crippen molar-refractivity contribution in [2.75, 3.05) is 11.9 Å². The summed E-state index contributed by atoms with van der Waals surface area (Å²) < 4.78 is 6.57. The van der Waals surface area contributed by atoms with E-state index in [1.807, 2.05) is 0 Å². The average molecular weight is 349 g/mol. The second-order valence-electron chi connectivity index (χ2n) is 5.50. The van der Waals surface area contributed by atoms with E-state index < -0.39 is 18.5 Å². The van der Waals surface area contributed by atoms with Crippen LogP contribution >= 0.6 is 0 Å². The number of rotatable bonds is 5. The average Bonchev–Trinajstić information content (AvgIpc) is 2.97. The van der Waals surface area contributed by atoms with Crippen LogP contribution in [0.15, 0.2) is 42.7 Å². The molecule has 0 aliphatic heterocycles. The van der Waals surface area contributed by atoms with E-state index in [1.54, 1.807) is 49.6 Å². The van der Waals surface area contributed by atoms with Gasteiger partial charge in [0.1, 0.15) is 5.56 Å². The Kier molecular flexibility index (Phi) is 4.90. The summed E-state index contributed by atoms with van der Waals surface area (Å²) in [5.74, 6) is -1.12. The van der Waals surface area contributed by atoms with Crippen molar-refractivity contribution in [2.45, 2.75) is 13.3 Å². The fourth-order valence-electron chi connectivity index (χ4n) is 2.43. The molecule has 26 heavy (non-hydrogen) atoms. The number of hydrogen-bond donors (Lipinski definition) is 1. The fraction of sp³-hybridized carbons (Fsp3) is 0.167. The number of hydrogen-bond acceptors (Lipinski definition) is 6. The topological polar surface area (TPSA) is 109 Å². The zero-order valence-electron chi connectivity index (χ0n) is 14.0. The lowest BCUT2D eigenvalue weighted by Gasteiger charge is -2.07. The Balaban J connectivity index is 1.61. The number of nitrogens with one attached hydrogen (secondary N) is 1. The zero-order chi connectivity index (χ0) is 18.5. The molecule has 1 amide bonds. The molecule has 0 saturated heterocycles. The van der Waals surface area contributed by atoms with Crippen LogP contribution in [0.1, 0.15) is 21.6 Å². The summed E-state index contributed by atoms with van der Waals surface area (Å²) in [6, 6.07) is 10.6. The minimum atomic E-state index is -0.657. The molecule has 8 heteroatoms. The van der Waals surface area contributed by atoms with Crippen molar-refractivity contribution in [3.63, 3.8) is 0 Å². The van der Waals surface area contributed by atoms with Gasteiger partial charge in [0.05, 0.1) is 18.2 Å². The molecule has 0 aliphatic rings. The number of carbonyl (C=O) groups excluding carboxylic acids is 2. The SMILES string of the molecule is Cc1nn2cccnc2c1C(=O)OCC(=O)Nc1ccc(CC#N)cc1. The number of aromatic nitrogens is 3. The van der Waals surface area contributed by atoms with Crippen LogP contribution in [-0.2, 0) is 16.0 Å². The Morgan fingerprint density at radius 2 is 2.08 bits per heavy atom. The lowest BCUT2D eigenvalue weighted by atomic mass is 10.1. The van der Waals surface area contributed by atoms with E-state index in [-0.39, 0.29) is 5.56 Å². The van der Waals surface area contributed by atoms with E-state index in [9.17, 15) is 9.59 Å². The summed E-state index contributed by atoms with van der Waals surface area (Å²) in [5, 5.41) is 15.5. The maximum absolute atomic E-state index is 12.3. The molecule has 0 unspecified atom stereocenters. The standard InChI is InChI=1S/C18H15N5O3/c1-12-16(17-20-9-2-10-23(17)22-12)18(25)26-11-15(24)21-14-5-3-13(4-6-14)7-8-19/h2-6,9-10H,7,11H2,1H3,(H,21,24). The van der Waals surface area contributed by atoms with Gasteiger partial charge in [-0.25, -0.2) is 14.3 Å². The molecular formula is C18H15N5O3. The van der Waals surface area contributed by atoms with Crippen LogP contribution in [0, 0.1) is 18.3 Å². The molecule has 3 aromatic rings. The van der Waals surface area contributed by atoms with Gasteiger partial charge < -0.3 is 10.1 Å². The summed E-state index contributed by atoms with van der Waals surface area (Å²) in [4.78, 5) is 28.4. The van der Waals surface area contributed by atoms with Crippen LogP contribution in [-0.4, -0.2) is 33.1 Å². The van der Waals surface area contributed by atoms with E-state index in [1.165, 1.54) is 4.52 Å². The van der Waals surface area contributed by atoms with Crippen LogP contribution in [0.25, 0.3) is 5.65 Å². The fourth-order valence-corrected chi connectivity index (χ4v) is 2.43. The molecular weight excluding hydrogens is 334 g/mol. The summed E-state index contributed by atoms with van der Waals surface area (Å²) in [7, 11) is 0. The third kappa shape index (κ3) is 3.67. The number of fused-ring (bicyclic) bond motifs is 1. The van der Waals surface area contributed by atoms with Crippen molar-refractivity contribution in [2.24, 2.45) is 0 Å². The Hall–Kier alpha value is -3.73. The molecule has 0 bridgehead atoms. The highest BCUT2D eigenvalue weighted by atomic mass is 16.5. The molecule has 0 saturated carbocycles. The van der Waals surface area contributed by atoms with Gasteiger partial charge in [-0.15, -0.1) is 0 Å². The van der Waals surface area contributed by atoms with Gasteiger partial charge >= 0.3 is 5.97 Å². The molecule has 1 N–H and O–H groups in total. The summed E-state index contributed by atoms with van der Waals surface area (Å²) in [6.45, 7) is 1.25. The number of ether oxygens (including phenoxy) is 1. The highest BCUT2D eigenvalue weighted by Crippen LogP contribution is 2.14. The first kappa shape index (κ1) is 17.1. The predicted octanol–water partition coefficient (Wildman–Crippen LogP) is 1.90. The lowest BCUT2D eigenvalue weighted by molar-refractivity contribution is -0.119. The summed E-state index contributed by atoms with van der Waals surface area (Å²) in [5.41, 5.74) is 2.50. The first-order valence-electron chi connectivity index (χ1n) is 7.81. The van der Waals surface area contributed by atoms with Crippen LogP contribution in [0.4, 0.5) is 5.69 Å². The Labute approximate surface area is 149 Å². The van der Waals surface area contributed by atoms with Gasteiger partial charge in [0.2, 0.25) is 0 Å². The molecule has 2 aromatic heterocycles. The van der Waals surface area contributed by atoms with Crippen LogP contribution in [0.5, 0.6) is 0 Å². The minimum absolute atomic E-state index is 0.235. The highest BCUT2D eigenvalue weighted by Gasteiger charge is 2.20. The quantitative estimate of drug-likeness (QED) is 0.705. The molecule has 0 radical (unpaired) electrons. The van der Waals surface area contributed by atoms with E-state index in [0.29, 0.717) is 23.4 Å². The Morgan fingerprint density at radius 3 is 2.81 bits per heavy atom. The van der Waals surface area contributed by atoms with Gasteiger partial charge in [-0.05, 0) is 30.7 Å². The first-order valence-corrected chi connectivity index (χ1v) is 7.81. The predicted molar refractivity (Wildman–Crippen MR) is 92.4 cm³/mol. The number of nitrogens with zero attached hydrogens (tertiary/aromatic N) is 4. The normalized spacial score (nSPS) is 10.3. The molecule has 0 fully saturated rings. The van der Waals surface area contributed by atoms with Gasteiger partial charge in [0.15, 0.2) is 12.3 Å². The highest BCUT2D eigenvalue weighted by molar-refractivity contribution is 5.99. The molecule has 0 aliphatic carbocycles. The minimum Gasteiger partial charge on any atom is -0.452 e. The third-order valence-corrected chi connectivity index (χ3v) is 3.63. The van der Waals surface area contributed by atoms with Crippen molar-refractivity contribution < 1.29 is 14.3 Å². The van der Waals surface area contributed by atoms with Crippen molar-refractivity contribution in [3.8, 4) is 6.07 Å². The molecule has 130 valence electrons. The number of anilines is 1. The van der Waals surface area contributed by atoms with Crippen LogP contribution in [0.3, 0.4) is 0 Å². The van der Waals surface area contributed by atoms with Crippen molar-refractivity contribution in [1.82, 2.24) is 14.6 Å². The second kappa shape index (κ2) is 7.44. The van der Waals surface area contributed by atoms with E-state index in [0.717, 1.165) is 5.56 Å². The number of nitriles is 1. The number of esters is 1. The summed E-state index contributed by atoms with van der Waals surface area (Å²) >= 11 is 0. The number of carbonyl (C=O) groups is 2. The Bertz CT molecular complexity index is 1000. The second-order valence-corrected chi connectivity index (χ2v) is 5.50. The Morgan fingerprint density at radius 1 is 1.31 bits per heavy atom. The number of benzene rings is 1. The number of aryl methyl sites for hydroxylation is 1. The monoisotopic (exact) mass is 349 g/mol. The van der Waals surface area contributed by atoms with E-state index >= 15 is 0 Å². The summed E-state index contributed by atoms with van der Waals surface area (Å²) in [6.07, 6.45) is 3.53. The maximum atomic E-state index is 12.3. The van der Waals surface area contributed by atoms with Crippen molar-refractivity contribution in [3.05, 3.63) is 59.5 Å². The molecule has 2 heterocycles. The van der Waals surface area contributed by atoms with Crippen molar-refractivity contribution in [1.29, 1.82) is 5.26 Å². The molecule has 8 nitrogen and oxygen atoms in total. The van der Waals surface area contributed by atoms with Crippen LogP contribution < -0.4 is 5.32 Å². The van der Waals surface area contributed by atoms with Gasteiger partial charge in [0, 0.05) is 18.1 Å². The third-order valence-electron chi connectivity index (χ3n) is 3.63. The van der Waals surface area contributed by atoms with Gasteiger partial charge in [0.25, 0.3) is 5.91 Å². The van der Waals surface area contributed by atoms with Crippen molar-refractivity contribution >= 4 is 23.2 Å². The van der Waals surface area contributed by atoms with Gasteiger partial charge in [-0.3, -0.25) is 4.79 Å². The molecule has 1 aromatic carbocycles.